The number of ether oxygens (including phenoxy) is 3. The van der Waals surface area contributed by atoms with Crippen LogP contribution in [0.3, 0.4) is 0 Å². The Bertz CT molecular complexity index is 1380. The van der Waals surface area contributed by atoms with Gasteiger partial charge in [0.1, 0.15) is 17.9 Å². The number of amides is 1. The number of allylic oxidation sites excluding steroid dienone is 5. The maximum Gasteiger partial charge on any atom is 0.329 e. The van der Waals surface area contributed by atoms with Crippen LogP contribution >= 0.6 is 0 Å². The van der Waals surface area contributed by atoms with Crippen molar-refractivity contribution in [1.29, 1.82) is 0 Å². The first-order valence-corrected chi connectivity index (χ1v) is 21.2. The third kappa shape index (κ3) is 13.8. The van der Waals surface area contributed by atoms with Crippen LogP contribution in [-0.2, 0) is 28.6 Å². The highest BCUT2D eigenvalue weighted by Gasteiger charge is 2.46. The van der Waals surface area contributed by atoms with E-state index < -0.39 is 30.0 Å². The highest BCUT2D eigenvalue weighted by atomic mass is 16.6. The van der Waals surface area contributed by atoms with E-state index in [1.54, 1.807) is 12.0 Å². The van der Waals surface area contributed by atoms with Gasteiger partial charge in [-0.05, 0) is 114 Å². The summed E-state index contributed by atoms with van der Waals surface area (Å²) in [6, 6.07) is -0.764. The quantitative estimate of drug-likeness (QED) is 0.198. The summed E-state index contributed by atoms with van der Waals surface area (Å²) in [4.78, 5) is 42.8. The normalized spacial score (nSPS) is 40.4. The third-order valence-corrected chi connectivity index (χ3v) is 12.7. The number of hydrogen-bond donors (Lipinski definition) is 3. The molecule has 3 aliphatic heterocycles. The minimum atomic E-state index is -1.68. The fourth-order valence-corrected chi connectivity index (χ4v) is 8.74. The van der Waals surface area contributed by atoms with Gasteiger partial charge in [-0.1, -0.05) is 57.2 Å². The molecule has 0 aromatic carbocycles. The molecular formula is C45H71NO9. The third-order valence-electron chi connectivity index (χ3n) is 12.7. The zero-order valence-electron chi connectivity index (χ0n) is 34.5. The molecule has 2 bridgehead atoms. The molecule has 0 radical (unpaired) electrons. The highest BCUT2D eigenvalue weighted by molar-refractivity contribution is 5.85. The predicted molar refractivity (Wildman–Crippen MR) is 214 cm³/mol. The highest BCUT2D eigenvalue weighted by Crippen LogP contribution is 2.38. The number of fused-ring (bicyclic) bond motifs is 3. The van der Waals surface area contributed by atoms with Gasteiger partial charge < -0.3 is 34.4 Å². The number of carbonyl (C=O) groups excluding carboxylic acids is 3. The van der Waals surface area contributed by atoms with Crippen LogP contribution in [0.2, 0.25) is 0 Å². The second-order valence-electron chi connectivity index (χ2n) is 17.3. The number of esters is 1. The monoisotopic (exact) mass is 770 g/mol. The molecule has 4 aliphatic rings. The summed E-state index contributed by atoms with van der Waals surface area (Å²) in [7, 11) is 1.66. The zero-order valence-corrected chi connectivity index (χ0v) is 34.5. The van der Waals surface area contributed by atoms with E-state index in [0.717, 1.165) is 56.9 Å². The molecule has 3 heterocycles. The molecule has 1 amide bonds. The van der Waals surface area contributed by atoms with Crippen molar-refractivity contribution in [3.05, 3.63) is 47.6 Å². The molecule has 10 heteroatoms. The SMILES string of the molecule is CO[C@H]1C[C@@H]2CC[C@@H](C)[C@](O)(CC(=O)N3CCCC[C@H]3C(=O)O[C@H](CC[C@H]3CC[C@H](O)CC3)C/C=C(\C)[C@@H](O)CC(=O)[C@H](C)C[C@H](C)/C=C/C=C/C=C/1C)O2. The lowest BCUT2D eigenvalue weighted by molar-refractivity contribution is -0.284. The summed E-state index contributed by atoms with van der Waals surface area (Å²) in [6.45, 7) is 10.1. The summed E-state index contributed by atoms with van der Waals surface area (Å²) in [5.41, 5.74) is 1.67. The molecule has 310 valence electrons. The Morgan fingerprint density at radius 3 is 2.36 bits per heavy atom. The Hall–Kier alpha value is -2.63. The number of rotatable bonds is 4. The number of piperidine rings is 1. The Morgan fingerprint density at radius 2 is 1.64 bits per heavy atom. The molecule has 2 saturated heterocycles. The Morgan fingerprint density at radius 1 is 0.891 bits per heavy atom. The number of carbonyl (C=O) groups is 3. The minimum absolute atomic E-state index is 0.00891. The number of aliphatic hydroxyl groups excluding tert-OH is 2. The lowest BCUT2D eigenvalue weighted by atomic mass is 9.84. The summed E-state index contributed by atoms with van der Waals surface area (Å²) in [6.07, 6.45) is 19.3. The van der Waals surface area contributed by atoms with Gasteiger partial charge in [0.15, 0.2) is 5.79 Å². The maximum atomic E-state index is 14.0. The van der Waals surface area contributed by atoms with Crippen LogP contribution in [0.5, 0.6) is 0 Å². The molecule has 3 N–H and O–H groups in total. The van der Waals surface area contributed by atoms with Crippen molar-refractivity contribution >= 4 is 17.7 Å². The summed E-state index contributed by atoms with van der Waals surface area (Å²) < 4.78 is 18.5. The first kappa shape index (κ1) is 45.1. The van der Waals surface area contributed by atoms with Crippen molar-refractivity contribution in [2.24, 2.45) is 23.7 Å². The number of Topliss-reactive ketones (excluding diaryl/α,β-unsaturated/α-hetero) is 1. The number of nitrogens with zero attached hydrogens (tertiary/aromatic N) is 1. The van der Waals surface area contributed by atoms with E-state index in [1.807, 2.05) is 58.1 Å². The summed E-state index contributed by atoms with van der Waals surface area (Å²) in [5.74, 6) is -2.34. The van der Waals surface area contributed by atoms with E-state index in [2.05, 4.69) is 13.0 Å². The molecule has 0 unspecified atom stereocenters. The van der Waals surface area contributed by atoms with E-state index in [4.69, 9.17) is 14.2 Å². The second kappa shape index (κ2) is 21.8. The first-order chi connectivity index (χ1) is 26.2. The maximum absolute atomic E-state index is 14.0. The fraction of sp³-hybridized carbons (Fsp3) is 0.756. The van der Waals surface area contributed by atoms with Gasteiger partial charge in [0.2, 0.25) is 5.91 Å². The van der Waals surface area contributed by atoms with E-state index in [-0.39, 0.29) is 60.6 Å². The minimum Gasteiger partial charge on any atom is -0.461 e. The molecule has 0 aromatic heterocycles. The molecule has 4 rings (SSSR count). The summed E-state index contributed by atoms with van der Waals surface area (Å²) >= 11 is 0. The first-order valence-electron chi connectivity index (χ1n) is 21.2. The van der Waals surface area contributed by atoms with E-state index in [9.17, 15) is 29.7 Å². The Balaban J connectivity index is 1.58. The van der Waals surface area contributed by atoms with E-state index in [1.165, 1.54) is 0 Å². The second-order valence-corrected chi connectivity index (χ2v) is 17.3. The Labute approximate surface area is 330 Å². The van der Waals surface area contributed by atoms with Crippen LogP contribution in [0.25, 0.3) is 0 Å². The lowest BCUT2D eigenvalue weighted by Crippen LogP contribution is -2.54. The molecular weight excluding hydrogens is 698 g/mol. The molecule has 0 aromatic rings. The van der Waals surface area contributed by atoms with Gasteiger partial charge in [0, 0.05) is 44.8 Å². The lowest BCUT2D eigenvalue weighted by Gasteiger charge is -2.44. The predicted octanol–water partition coefficient (Wildman–Crippen LogP) is 7.30. The van der Waals surface area contributed by atoms with Gasteiger partial charge in [-0.25, -0.2) is 4.79 Å². The molecule has 55 heavy (non-hydrogen) atoms. The van der Waals surface area contributed by atoms with Crippen LogP contribution < -0.4 is 0 Å². The van der Waals surface area contributed by atoms with Gasteiger partial charge in [-0.3, -0.25) is 9.59 Å². The average molecular weight is 770 g/mol. The molecule has 1 aliphatic carbocycles. The topological polar surface area (TPSA) is 143 Å². The van der Waals surface area contributed by atoms with E-state index >= 15 is 0 Å². The van der Waals surface area contributed by atoms with Crippen LogP contribution in [0.1, 0.15) is 137 Å². The van der Waals surface area contributed by atoms with Gasteiger partial charge >= 0.3 is 5.97 Å². The number of hydrogen-bond acceptors (Lipinski definition) is 9. The molecule has 10 nitrogen and oxygen atoms in total. The van der Waals surface area contributed by atoms with Crippen molar-refractivity contribution in [3.8, 4) is 0 Å². The molecule has 3 fully saturated rings. The molecule has 1 saturated carbocycles. The van der Waals surface area contributed by atoms with Crippen molar-refractivity contribution in [3.63, 3.8) is 0 Å². The number of ketones is 1. The van der Waals surface area contributed by atoms with Crippen molar-refractivity contribution in [2.45, 2.75) is 180 Å². The average Bonchev–Trinajstić information content (AvgIpc) is 3.15. The standard InChI is InChI=1S/C45H71NO9/c1-30-12-8-7-9-13-32(3)42(53-6)27-38-23-16-34(5)45(52,55-38)29-43(50)46-25-11-10-14-39(46)44(51)54-37(24-19-35-17-20-36(47)21-18-35)22-15-31(2)40(48)28-41(49)33(4)26-30/h7-9,12-13,15,30,33-40,42,47-48,52H,10-11,14,16-29H2,1-6H3/b9-7+,12-8+,31-15+,32-13+/t30-,33-,34-,35-,36-,37+,38+,39+,40+,42+,45+/m1/s1. The fourth-order valence-electron chi connectivity index (χ4n) is 8.74. The van der Waals surface area contributed by atoms with Crippen LogP contribution in [0, 0.1) is 23.7 Å². The van der Waals surface area contributed by atoms with Gasteiger partial charge in [0.05, 0.1) is 30.8 Å². The van der Waals surface area contributed by atoms with Crippen LogP contribution in [0.4, 0.5) is 0 Å². The van der Waals surface area contributed by atoms with Crippen LogP contribution in [-0.4, -0.2) is 93.9 Å². The van der Waals surface area contributed by atoms with Crippen LogP contribution in [0.15, 0.2) is 47.6 Å². The molecule has 9 atom stereocenters. The van der Waals surface area contributed by atoms with Crippen molar-refractivity contribution in [2.75, 3.05) is 13.7 Å². The summed E-state index contributed by atoms with van der Waals surface area (Å²) in [5, 5.41) is 33.0. The van der Waals surface area contributed by atoms with Gasteiger partial charge in [0.25, 0.3) is 0 Å². The number of aliphatic hydroxyl groups is 3. The van der Waals surface area contributed by atoms with E-state index in [0.29, 0.717) is 56.6 Å². The van der Waals surface area contributed by atoms with Gasteiger partial charge in [-0.2, -0.15) is 0 Å². The largest absolute Gasteiger partial charge is 0.461 e. The number of cyclic esters (lactones) is 1. The zero-order chi connectivity index (χ0) is 40.1. The van der Waals surface area contributed by atoms with Crippen molar-refractivity contribution in [1.82, 2.24) is 4.90 Å². The smallest absolute Gasteiger partial charge is 0.329 e. The van der Waals surface area contributed by atoms with Crippen molar-refractivity contribution < 1.29 is 43.9 Å². The Kier molecular flexibility index (Phi) is 17.8. The van der Waals surface area contributed by atoms with Gasteiger partial charge in [-0.15, -0.1) is 0 Å². The molecule has 0 spiro atoms. The number of methoxy groups -OCH3 is 1.